The quantitative estimate of drug-likeness (QED) is 0.851. The van der Waals surface area contributed by atoms with Crippen LogP contribution in [-0.2, 0) is 16.4 Å². The molecule has 0 fully saturated rings. The second-order valence-corrected chi connectivity index (χ2v) is 7.05. The minimum Gasteiger partial charge on any atom is -0.496 e. The maximum Gasteiger partial charge on any atom is 0.240 e. The molecule has 0 heterocycles. The van der Waals surface area contributed by atoms with Gasteiger partial charge in [-0.1, -0.05) is 30.3 Å². The topological polar surface area (TPSA) is 55.4 Å². The molecule has 0 atom stereocenters. The largest absolute Gasteiger partial charge is 0.496 e. The summed E-state index contributed by atoms with van der Waals surface area (Å²) in [7, 11) is -1.98. The van der Waals surface area contributed by atoms with E-state index in [9.17, 15) is 8.42 Å². The summed E-state index contributed by atoms with van der Waals surface area (Å²) in [6.45, 7) is 0.357. The van der Waals surface area contributed by atoms with Crippen molar-refractivity contribution < 1.29 is 13.2 Å². The fourth-order valence-corrected chi connectivity index (χ4v) is 3.62. The molecule has 2 aromatic rings. The summed E-state index contributed by atoms with van der Waals surface area (Å²) in [5, 5.41) is 0. The number of halogens is 1. The number of ether oxygens (including phenoxy) is 1. The van der Waals surface area contributed by atoms with E-state index in [1.807, 2.05) is 30.3 Å². The van der Waals surface area contributed by atoms with E-state index in [0.29, 0.717) is 23.2 Å². The summed E-state index contributed by atoms with van der Waals surface area (Å²) in [6, 6.07) is 14.4. The van der Waals surface area contributed by atoms with Gasteiger partial charge in [0, 0.05) is 6.54 Å². The Morgan fingerprint density at radius 3 is 2.48 bits per heavy atom. The summed E-state index contributed by atoms with van der Waals surface area (Å²) in [5.74, 6) is 0.596. The molecule has 0 saturated carbocycles. The van der Waals surface area contributed by atoms with Crippen LogP contribution in [0.25, 0.3) is 0 Å². The molecule has 112 valence electrons. The van der Waals surface area contributed by atoms with Crippen LogP contribution in [-0.4, -0.2) is 22.1 Å². The molecule has 1 N–H and O–H groups in total. The molecule has 0 bridgehead atoms. The van der Waals surface area contributed by atoms with Gasteiger partial charge in [-0.05, 0) is 46.1 Å². The third kappa shape index (κ3) is 4.30. The van der Waals surface area contributed by atoms with Crippen LogP contribution in [0, 0.1) is 0 Å². The summed E-state index contributed by atoms with van der Waals surface area (Å²) >= 11 is 3.29. The van der Waals surface area contributed by atoms with Crippen molar-refractivity contribution in [3.63, 3.8) is 0 Å². The van der Waals surface area contributed by atoms with Crippen LogP contribution in [0.15, 0.2) is 57.9 Å². The molecule has 0 unspecified atom stereocenters. The van der Waals surface area contributed by atoms with Gasteiger partial charge in [0.15, 0.2) is 0 Å². The fraction of sp³-hybridized carbons (Fsp3) is 0.200. The maximum absolute atomic E-state index is 12.2. The molecule has 6 heteroatoms. The Hall–Kier alpha value is -1.37. The van der Waals surface area contributed by atoms with Crippen LogP contribution in [0.5, 0.6) is 5.75 Å². The highest BCUT2D eigenvalue weighted by atomic mass is 79.9. The Kier molecular flexibility index (Phi) is 5.39. The first-order chi connectivity index (χ1) is 10.0. The standard InChI is InChI=1S/C15H16BrNO3S/c1-20-15-8-7-13(11-14(15)16)21(18,19)17-10-9-12-5-3-2-4-6-12/h2-8,11,17H,9-10H2,1H3. The average Bonchev–Trinajstić information content (AvgIpc) is 2.48. The zero-order valence-electron chi connectivity index (χ0n) is 11.5. The van der Waals surface area contributed by atoms with Crippen LogP contribution < -0.4 is 9.46 Å². The summed E-state index contributed by atoms with van der Waals surface area (Å²) in [5.41, 5.74) is 1.09. The number of rotatable bonds is 6. The Bertz CT molecular complexity index is 702. The van der Waals surface area contributed by atoms with Gasteiger partial charge in [0.1, 0.15) is 5.75 Å². The first kappa shape index (κ1) is 16.0. The number of hydrogen-bond acceptors (Lipinski definition) is 3. The van der Waals surface area contributed by atoms with E-state index in [2.05, 4.69) is 20.7 Å². The van der Waals surface area contributed by atoms with Crippen molar-refractivity contribution in [2.75, 3.05) is 13.7 Å². The van der Waals surface area contributed by atoms with Gasteiger partial charge >= 0.3 is 0 Å². The smallest absolute Gasteiger partial charge is 0.240 e. The monoisotopic (exact) mass is 369 g/mol. The lowest BCUT2D eigenvalue weighted by Gasteiger charge is -2.09. The Morgan fingerprint density at radius 1 is 1.14 bits per heavy atom. The number of nitrogens with one attached hydrogen (secondary N) is 1. The molecule has 0 spiro atoms. The molecule has 0 aromatic heterocycles. The third-order valence-corrected chi connectivity index (χ3v) is 5.06. The Balaban J connectivity index is 2.03. The predicted octanol–water partition coefficient (Wildman–Crippen LogP) is 2.98. The number of sulfonamides is 1. The molecule has 0 radical (unpaired) electrons. The van der Waals surface area contributed by atoms with Gasteiger partial charge in [-0.15, -0.1) is 0 Å². The van der Waals surface area contributed by atoms with Gasteiger partial charge in [-0.3, -0.25) is 0 Å². The van der Waals surface area contributed by atoms with Gasteiger partial charge in [0.05, 0.1) is 16.5 Å². The predicted molar refractivity (Wildman–Crippen MR) is 86.0 cm³/mol. The first-order valence-corrected chi connectivity index (χ1v) is 8.67. The maximum atomic E-state index is 12.2. The third-order valence-electron chi connectivity index (χ3n) is 2.98. The van der Waals surface area contributed by atoms with Gasteiger partial charge < -0.3 is 4.74 Å². The Labute approximate surface area is 133 Å². The minimum atomic E-state index is -3.51. The van der Waals surface area contributed by atoms with Crippen molar-refractivity contribution in [1.82, 2.24) is 4.72 Å². The van der Waals surface area contributed by atoms with E-state index in [0.717, 1.165) is 5.56 Å². The fourth-order valence-electron chi connectivity index (χ4n) is 1.87. The lowest BCUT2D eigenvalue weighted by atomic mass is 10.2. The van der Waals surface area contributed by atoms with Crippen LogP contribution in [0.3, 0.4) is 0 Å². The normalized spacial score (nSPS) is 11.3. The molecule has 0 aliphatic carbocycles. The van der Waals surface area contributed by atoms with E-state index in [1.54, 1.807) is 6.07 Å². The van der Waals surface area contributed by atoms with Crippen molar-refractivity contribution in [1.29, 1.82) is 0 Å². The van der Waals surface area contributed by atoms with E-state index in [4.69, 9.17) is 4.74 Å². The van der Waals surface area contributed by atoms with Gasteiger partial charge in [0.25, 0.3) is 0 Å². The SMILES string of the molecule is COc1ccc(S(=O)(=O)NCCc2ccccc2)cc1Br. The van der Waals surface area contributed by atoms with Crippen LogP contribution in [0.1, 0.15) is 5.56 Å². The first-order valence-electron chi connectivity index (χ1n) is 6.40. The molecule has 4 nitrogen and oxygen atoms in total. The van der Waals surface area contributed by atoms with Crippen LogP contribution in [0.2, 0.25) is 0 Å². The van der Waals surface area contributed by atoms with Crippen molar-refractivity contribution in [2.24, 2.45) is 0 Å². The van der Waals surface area contributed by atoms with Crippen molar-refractivity contribution in [3.8, 4) is 5.75 Å². The number of benzene rings is 2. The summed E-state index contributed by atoms with van der Waals surface area (Å²) in [4.78, 5) is 0.211. The highest BCUT2D eigenvalue weighted by molar-refractivity contribution is 9.10. The number of hydrogen-bond donors (Lipinski definition) is 1. The Morgan fingerprint density at radius 2 is 1.86 bits per heavy atom. The second kappa shape index (κ2) is 7.06. The average molecular weight is 370 g/mol. The van der Waals surface area contributed by atoms with Crippen molar-refractivity contribution in [3.05, 3.63) is 58.6 Å². The van der Waals surface area contributed by atoms with E-state index < -0.39 is 10.0 Å². The highest BCUT2D eigenvalue weighted by Gasteiger charge is 2.15. The van der Waals surface area contributed by atoms with E-state index >= 15 is 0 Å². The zero-order valence-corrected chi connectivity index (χ0v) is 13.9. The zero-order chi connectivity index (χ0) is 15.3. The molecule has 2 rings (SSSR count). The van der Waals surface area contributed by atoms with Crippen LogP contribution in [0.4, 0.5) is 0 Å². The lowest BCUT2D eigenvalue weighted by molar-refractivity contribution is 0.411. The molecule has 0 aliphatic heterocycles. The van der Waals surface area contributed by atoms with Gasteiger partial charge in [0.2, 0.25) is 10.0 Å². The highest BCUT2D eigenvalue weighted by Crippen LogP contribution is 2.27. The molecule has 21 heavy (non-hydrogen) atoms. The van der Waals surface area contributed by atoms with E-state index in [1.165, 1.54) is 19.2 Å². The molecular weight excluding hydrogens is 354 g/mol. The minimum absolute atomic E-state index is 0.211. The molecule has 0 saturated heterocycles. The molecule has 0 amide bonds. The molecule has 0 aliphatic rings. The van der Waals surface area contributed by atoms with Crippen molar-refractivity contribution >= 4 is 26.0 Å². The summed E-state index contributed by atoms with van der Waals surface area (Å²) < 4.78 is 32.7. The van der Waals surface area contributed by atoms with Crippen molar-refractivity contribution in [2.45, 2.75) is 11.3 Å². The lowest BCUT2D eigenvalue weighted by Crippen LogP contribution is -2.26. The van der Waals surface area contributed by atoms with Crippen LogP contribution >= 0.6 is 15.9 Å². The molecular formula is C15H16BrNO3S. The summed E-state index contributed by atoms with van der Waals surface area (Å²) in [6.07, 6.45) is 0.650. The van der Waals surface area contributed by atoms with E-state index in [-0.39, 0.29) is 4.90 Å². The van der Waals surface area contributed by atoms with Gasteiger partial charge in [-0.2, -0.15) is 0 Å². The number of methoxy groups -OCH3 is 1. The van der Waals surface area contributed by atoms with Gasteiger partial charge in [-0.25, -0.2) is 13.1 Å². The molecule has 2 aromatic carbocycles. The second-order valence-electron chi connectivity index (χ2n) is 4.43.